The lowest BCUT2D eigenvalue weighted by molar-refractivity contribution is 0.0636. The highest BCUT2D eigenvalue weighted by atomic mass is 35.5. The maximum atomic E-state index is 11.7. The number of carbonyl (C=O) groups is 1. The Balaban J connectivity index is 2.82. The topological polar surface area (TPSA) is 38.3 Å². The molecule has 0 heterocycles. The minimum atomic E-state index is -0.532. The molecule has 1 amide bonds. The van der Waals surface area contributed by atoms with Crippen LogP contribution in [0.3, 0.4) is 0 Å². The van der Waals surface area contributed by atoms with E-state index in [1.54, 1.807) is 18.2 Å². The molecule has 0 aliphatic rings. The van der Waals surface area contributed by atoms with Gasteiger partial charge in [-0.05, 0) is 51.0 Å². The number of amides is 1. The predicted molar refractivity (Wildman–Crippen MR) is 78.5 cm³/mol. The fraction of sp³-hybridized carbons (Fsp3) is 0.400. The molecule has 0 unspecified atom stereocenters. The fourth-order valence-corrected chi connectivity index (χ4v) is 1.71. The summed E-state index contributed by atoms with van der Waals surface area (Å²) in [5, 5.41) is 3.33. The van der Waals surface area contributed by atoms with Crippen molar-refractivity contribution < 1.29 is 9.53 Å². The van der Waals surface area contributed by atoms with Crippen molar-refractivity contribution in [1.82, 2.24) is 0 Å². The van der Waals surface area contributed by atoms with Crippen LogP contribution in [0.5, 0.6) is 0 Å². The molecule has 0 spiro atoms. The molecule has 3 nitrogen and oxygen atoms in total. The van der Waals surface area contributed by atoms with Crippen LogP contribution in [0.1, 0.15) is 32.8 Å². The lowest BCUT2D eigenvalue weighted by atomic mass is 10.1. The quantitative estimate of drug-likeness (QED) is 0.840. The monoisotopic (exact) mass is 279 g/mol. The molecule has 1 N–H and O–H groups in total. The van der Waals surface area contributed by atoms with Crippen LogP contribution < -0.4 is 5.32 Å². The van der Waals surface area contributed by atoms with Crippen LogP contribution in [0.2, 0.25) is 5.02 Å². The first-order chi connectivity index (χ1) is 8.81. The van der Waals surface area contributed by atoms with E-state index in [0.717, 1.165) is 5.56 Å². The van der Waals surface area contributed by atoms with Crippen LogP contribution in [-0.2, 0) is 11.2 Å². The zero-order valence-electron chi connectivity index (χ0n) is 11.4. The first-order valence-corrected chi connectivity index (χ1v) is 6.41. The first kappa shape index (κ1) is 15.4. The van der Waals surface area contributed by atoms with Gasteiger partial charge in [-0.3, -0.25) is 5.32 Å². The minimum absolute atomic E-state index is 0.489. The summed E-state index contributed by atoms with van der Waals surface area (Å²) in [7, 11) is 0. The Kier molecular flexibility index (Phi) is 5.26. The number of rotatable bonds is 3. The lowest BCUT2D eigenvalue weighted by Gasteiger charge is -2.20. The molecule has 1 aromatic rings. The van der Waals surface area contributed by atoms with E-state index in [4.69, 9.17) is 22.8 Å². The van der Waals surface area contributed by atoms with Crippen LogP contribution in [-0.4, -0.2) is 11.7 Å². The van der Waals surface area contributed by atoms with Gasteiger partial charge in [0.15, 0.2) is 0 Å². The zero-order valence-corrected chi connectivity index (χ0v) is 12.2. The van der Waals surface area contributed by atoms with Crippen LogP contribution in [0.4, 0.5) is 10.5 Å². The second kappa shape index (κ2) is 6.49. The minimum Gasteiger partial charge on any atom is -0.444 e. The summed E-state index contributed by atoms with van der Waals surface area (Å²) in [6, 6.07) is 5.26. The molecular weight excluding hydrogens is 262 g/mol. The standard InChI is InChI=1S/C15H18ClNO2/c1-5-6-7-11-10-12(16)8-9-13(11)17-14(18)19-15(2,3)4/h1,8-10H,6-7H2,2-4H3,(H,17,18). The molecule has 0 saturated carbocycles. The van der Waals surface area contributed by atoms with Gasteiger partial charge in [-0.2, -0.15) is 0 Å². The summed E-state index contributed by atoms with van der Waals surface area (Å²) in [4.78, 5) is 11.7. The summed E-state index contributed by atoms with van der Waals surface area (Å²) < 4.78 is 5.21. The van der Waals surface area contributed by atoms with Crippen molar-refractivity contribution in [2.45, 2.75) is 39.2 Å². The molecule has 0 radical (unpaired) electrons. The molecule has 0 bridgehead atoms. The van der Waals surface area contributed by atoms with E-state index in [0.29, 0.717) is 23.6 Å². The number of hydrogen-bond donors (Lipinski definition) is 1. The Morgan fingerprint density at radius 1 is 1.47 bits per heavy atom. The van der Waals surface area contributed by atoms with Gasteiger partial charge in [-0.1, -0.05) is 11.6 Å². The molecule has 0 aliphatic carbocycles. The molecule has 0 aliphatic heterocycles. The van der Waals surface area contributed by atoms with E-state index in [9.17, 15) is 4.79 Å². The van der Waals surface area contributed by atoms with Crippen LogP contribution in [0.15, 0.2) is 18.2 Å². The third-order valence-corrected chi connectivity index (χ3v) is 2.48. The van der Waals surface area contributed by atoms with Gasteiger partial charge in [-0.25, -0.2) is 4.79 Å². The number of ether oxygens (including phenoxy) is 1. The van der Waals surface area contributed by atoms with Gasteiger partial charge in [0.2, 0.25) is 0 Å². The van der Waals surface area contributed by atoms with Crippen molar-refractivity contribution in [3.63, 3.8) is 0 Å². The lowest BCUT2D eigenvalue weighted by Crippen LogP contribution is -2.27. The van der Waals surface area contributed by atoms with Crippen molar-refractivity contribution in [2.24, 2.45) is 0 Å². The van der Waals surface area contributed by atoms with Crippen molar-refractivity contribution in [1.29, 1.82) is 0 Å². The largest absolute Gasteiger partial charge is 0.444 e. The Bertz CT molecular complexity index is 498. The number of halogens is 1. The Labute approximate surface area is 119 Å². The van der Waals surface area contributed by atoms with Gasteiger partial charge in [-0.15, -0.1) is 12.3 Å². The van der Waals surface area contributed by atoms with Crippen LogP contribution >= 0.6 is 11.6 Å². The molecule has 19 heavy (non-hydrogen) atoms. The zero-order chi connectivity index (χ0) is 14.5. The number of aryl methyl sites for hydroxylation is 1. The highest BCUT2D eigenvalue weighted by Crippen LogP contribution is 2.22. The summed E-state index contributed by atoms with van der Waals surface area (Å²) in [5.41, 5.74) is 1.04. The second-order valence-electron chi connectivity index (χ2n) is 5.13. The van der Waals surface area contributed by atoms with E-state index < -0.39 is 11.7 Å². The highest BCUT2D eigenvalue weighted by molar-refractivity contribution is 6.30. The highest BCUT2D eigenvalue weighted by Gasteiger charge is 2.17. The molecule has 0 saturated heterocycles. The Morgan fingerprint density at radius 2 is 2.16 bits per heavy atom. The van der Waals surface area contributed by atoms with Gasteiger partial charge >= 0.3 is 6.09 Å². The molecule has 1 rings (SSSR count). The second-order valence-corrected chi connectivity index (χ2v) is 5.57. The third kappa shape index (κ3) is 5.67. The maximum absolute atomic E-state index is 11.7. The average molecular weight is 280 g/mol. The summed E-state index contributed by atoms with van der Waals surface area (Å²) in [6.07, 6.45) is 6.01. The summed E-state index contributed by atoms with van der Waals surface area (Å²) in [5.74, 6) is 2.57. The number of carbonyl (C=O) groups excluding carboxylic acids is 1. The first-order valence-electron chi connectivity index (χ1n) is 6.04. The van der Waals surface area contributed by atoms with Crippen molar-refractivity contribution in [2.75, 3.05) is 5.32 Å². The van der Waals surface area contributed by atoms with Gasteiger partial charge in [0.25, 0.3) is 0 Å². The van der Waals surface area contributed by atoms with Gasteiger partial charge in [0.1, 0.15) is 5.60 Å². The molecule has 4 heteroatoms. The number of benzene rings is 1. The molecular formula is C15H18ClNO2. The molecule has 0 atom stereocenters. The average Bonchev–Trinajstić information content (AvgIpc) is 2.27. The number of hydrogen-bond acceptors (Lipinski definition) is 2. The third-order valence-electron chi connectivity index (χ3n) is 2.24. The molecule has 1 aromatic carbocycles. The summed E-state index contributed by atoms with van der Waals surface area (Å²) >= 11 is 5.94. The number of anilines is 1. The number of nitrogens with one attached hydrogen (secondary N) is 1. The molecule has 0 aromatic heterocycles. The number of terminal acetylenes is 1. The predicted octanol–water partition coefficient (Wildman–Crippen LogP) is 4.25. The summed E-state index contributed by atoms with van der Waals surface area (Å²) in [6.45, 7) is 5.44. The smallest absolute Gasteiger partial charge is 0.412 e. The van der Waals surface area contributed by atoms with Gasteiger partial charge < -0.3 is 4.74 Å². The Hall–Kier alpha value is -1.66. The van der Waals surface area contributed by atoms with Crippen LogP contribution in [0.25, 0.3) is 0 Å². The SMILES string of the molecule is C#CCCc1cc(Cl)ccc1NC(=O)OC(C)(C)C. The van der Waals surface area contributed by atoms with Crippen molar-refractivity contribution >= 4 is 23.4 Å². The van der Waals surface area contributed by atoms with Crippen molar-refractivity contribution in [3.8, 4) is 12.3 Å². The maximum Gasteiger partial charge on any atom is 0.412 e. The van der Waals surface area contributed by atoms with Gasteiger partial charge in [0.05, 0.1) is 0 Å². The van der Waals surface area contributed by atoms with Gasteiger partial charge in [0, 0.05) is 17.1 Å². The van der Waals surface area contributed by atoms with Crippen LogP contribution in [0, 0.1) is 12.3 Å². The van der Waals surface area contributed by atoms with Crippen molar-refractivity contribution in [3.05, 3.63) is 28.8 Å². The molecule has 0 fully saturated rings. The fourth-order valence-electron chi connectivity index (χ4n) is 1.51. The normalized spacial score (nSPS) is 10.7. The van der Waals surface area contributed by atoms with E-state index >= 15 is 0 Å². The van der Waals surface area contributed by atoms with E-state index in [1.807, 2.05) is 20.8 Å². The van der Waals surface area contributed by atoms with E-state index in [-0.39, 0.29) is 0 Å². The Morgan fingerprint density at radius 3 is 2.74 bits per heavy atom. The van der Waals surface area contributed by atoms with E-state index in [1.165, 1.54) is 0 Å². The molecule has 102 valence electrons. The van der Waals surface area contributed by atoms with E-state index in [2.05, 4.69) is 11.2 Å².